The van der Waals surface area contributed by atoms with E-state index in [4.69, 9.17) is 9.47 Å². The van der Waals surface area contributed by atoms with Gasteiger partial charge in [0, 0.05) is 42.9 Å². The molecule has 1 aliphatic heterocycles. The fraction of sp³-hybridized carbons (Fsp3) is 0.286. The first-order valence-corrected chi connectivity index (χ1v) is 9.00. The van der Waals surface area contributed by atoms with Gasteiger partial charge in [0.2, 0.25) is 0 Å². The molecule has 0 bridgehead atoms. The minimum atomic E-state index is -0.452. The highest BCUT2D eigenvalue weighted by atomic mass is 16.6. The van der Waals surface area contributed by atoms with E-state index in [2.05, 4.69) is 4.90 Å². The lowest BCUT2D eigenvalue weighted by Gasteiger charge is -2.27. The predicted molar refractivity (Wildman–Crippen MR) is 106 cm³/mol. The molecule has 0 aliphatic carbocycles. The van der Waals surface area contributed by atoms with Gasteiger partial charge in [-0.1, -0.05) is 6.08 Å². The molecule has 1 saturated heterocycles. The highest BCUT2D eigenvalue weighted by Gasteiger charge is 2.15. The number of rotatable bonds is 7. The third-order valence-corrected chi connectivity index (χ3v) is 4.59. The number of hydrogen-bond donors (Lipinski definition) is 0. The maximum atomic E-state index is 12.6. The fourth-order valence-electron chi connectivity index (χ4n) is 3.03. The summed E-state index contributed by atoms with van der Waals surface area (Å²) in [4.78, 5) is 25.1. The Morgan fingerprint density at radius 2 is 1.93 bits per heavy atom. The standard InChI is InChI=1S/C21H22N2O5/c1-27-21-9-5-17(14-18(21)15-22-10-12-28-13-11-22)20(24)8-4-16-2-6-19(7-3-16)23(25)26/h2-9,14H,10-13,15H2,1H3/b8-4+. The molecule has 146 valence electrons. The monoisotopic (exact) mass is 382 g/mol. The molecule has 0 saturated carbocycles. The van der Waals surface area contributed by atoms with Crippen molar-refractivity contribution in [2.45, 2.75) is 6.54 Å². The molecule has 1 aliphatic rings. The average Bonchev–Trinajstić information content (AvgIpc) is 2.73. The Kier molecular flexibility index (Phi) is 6.52. The summed E-state index contributed by atoms with van der Waals surface area (Å²) in [6.07, 6.45) is 3.12. The van der Waals surface area contributed by atoms with Crippen molar-refractivity contribution in [3.8, 4) is 5.75 Å². The lowest BCUT2D eigenvalue weighted by atomic mass is 10.0. The predicted octanol–water partition coefficient (Wildman–Crippen LogP) is 3.33. The molecule has 28 heavy (non-hydrogen) atoms. The van der Waals surface area contributed by atoms with Crippen LogP contribution in [0.2, 0.25) is 0 Å². The van der Waals surface area contributed by atoms with E-state index in [9.17, 15) is 14.9 Å². The van der Waals surface area contributed by atoms with Gasteiger partial charge in [-0.05, 0) is 42.0 Å². The average molecular weight is 382 g/mol. The van der Waals surface area contributed by atoms with Gasteiger partial charge in [0.15, 0.2) is 5.78 Å². The van der Waals surface area contributed by atoms with Crippen LogP contribution < -0.4 is 4.74 Å². The second-order valence-corrected chi connectivity index (χ2v) is 6.46. The van der Waals surface area contributed by atoms with Crippen LogP contribution in [-0.4, -0.2) is 49.0 Å². The van der Waals surface area contributed by atoms with Gasteiger partial charge in [-0.2, -0.15) is 0 Å². The number of carbonyl (C=O) groups is 1. The van der Waals surface area contributed by atoms with Crippen LogP contribution in [0.15, 0.2) is 48.5 Å². The van der Waals surface area contributed by atoms with Gasteiger partial charge in [-0.25, -0.2) is 0 Å². The van der Waals surface area contributed by atoms with Crippen LogP contribution in [0.4, 0.5) is 5.69 Å². The zero-order chi connectivity index (χ0) is 19.9. The van der Waals surface area contributed by atoms with Crippen LogP contribution in [0.1, 0.15) is 21.5 Å². The first kappa shape index (κ1) is 19.7. The van der Waals surface area contributed by atoms with E-state index in [1.165, 1.54) is 18.2 Å². The van der Waals surface area contributed by atoms with Crippen molar-refractivity contribution in [2.24, 2.45) is 0 Å². The minimum Gasteiger partial charge on any atom is -0.496 e. The summed E-state index contributed by atoms with van der Waals surface area (Å²) in [5.74, 6) is 0.617. The van der Waals surface area contributed by atoms with Crippen molar-refractivity contribution >= 4 is 17.5 Å². The normalized spacial score (nSPS) is 14.9. The summed E-state index contributed by atoms with van der Waals surface area (Å²) in [6.45, 7) is 3.81. The van der Waals surface area contributed by atoms with Gasteiger partial charge >= 0.3 is 0 Å². The van der Waals surface area contributed by atoms with E-state index in [1.54, 1.807) is 31.4 Å². The van der Waals surface area contributed by atoms with E-state index >= 15 is 0 Å². The molecule has 0 aromatic heterocycles. The van der Waals surface area contributed by atoms with Crippen LogP contribution in [0, 0.1) is 10.1 Å². The lowest BCUT2D eigenvalue weighted by molar-refractivity contribution is -0.384. The highest BCUT2D eigenvalue weighted by Crippen LogP contribution is 2.23. The van der Waals surface area contributed by atoms with Crippen molar-refractivity contribution < 1.29 is 19.2 Å². The Morgan fingerprint density at radius 1 is 1.21 bits per heavy atom. The van der Waals surface area contributed by atoms with E-state index in [0.29, 0.717) is 25.3 Å². The van der Waals surface area contributed by atoms with Crippen molar-refractivity contribution in [2.75, 3.05) is 33.4 Å². The summed E-state index contributed by atoms with van der Waals surface area (Å²) in [6, 6.07) is 11.5. The van der Waals surface area contributed by atoms with Crippen molar-refractivity contribution in [3.05, 3.63) is 75.3 Å². The number of nitro benzene ring substituents is 1. The molecule has 0 atom stereocenters. The Bertz CT molecular complexity index is 871. The number of ether oxygens (including phenoxy) is 2. The number of benzene rings is 2. The van der Waals surface area contributed by atoms with E-state index < -0.39 is 4.92 Å². The Balaban J connectivity index is 1.73. The summed E-state index contributed by atoms with van der Waals surface area (Å²) < 4.78 is 10.8. The second-order valence-electron chi connectivity index (χ2n) is 6.46. The largest absolute Gasteiger partial charge is 0.496 e. The number of nitro groups is 1. The van der Waals surface area contributed by atoms with Crippen LogP contribution in [0.25, 0.3) is 6.08 Å². The van der Waals surface area contributed by atoms with Crippen molar-refractivity contribution in [1.29, 1.82) is 0 Å². The number of nitrogens with zero attached hydrogens (tertiary/aromatic N) is 2. The first-order chi connectivity index (χ1) is 13.6. The molecule has 0 N–H and O–H groups in total. The van der Waals surface area contributed by atoms with Crippen LogP contribution >= 0.6 is 0 Å². The minimum absolute atomic E-state index is 0.0198. The molecule has 1 fully saturated rings. The molecule has 7 heteroatoms. The number of morpholine rings is 1. The van der Waals surface area contributed by atoms with E-state index in [1.807, 2.05) is 12.1 Å². The van der Waals surface area contributed by atoms with Gasteiger partial charge in [-0.15, -0.1) is 0 Å². The number of carbonyl (C=O) groups excluding carboxylic acids is 1. The Hall–Kier alpha value is -3.03. The molecule has 1 heterocycles. The maximum Gasteiger partial charge on any atom is 0.269 e. The number of methoxy groups -OCH3 is 1. The molecule has 0 unspecified atom stereocenters. The number of hydrogen-bond acceptors (Lipinski definition) is 6. The molecular weight excluding hydrogens is 360 g/mol. The number of allylic oxidation sites excluding steroid dienone is 1. The third-order valence-electron chi connectivity index (χ3n) is 4.59. The quantitative estimate of drug-likeness (QED) is 0.316. The van der Waals surface area contributed by atoms with Gasteiger partial charge in [0.25, 0.3) is 5.69 Å². The molecule has 0 amide bonds. The Labute approximate surface area is 163 Å². The van der Waals surface area contributed by atoms with Crippen LogP contribution in [-0.2, 0) is 11.3 Å². The van der Waals surface area contributed by atoms with Crippen LogP contribution in [0.3, 0.4) is 0 Å². The topological polar surface area (TPSA) is 81.9 Å². The zero-order valence-electron chi connectivity index (χ0n) is 15.7. The molecule has 0 spiro atoms. The second kappa shape index (κ2) is 9.25. The van der Waals surface area contributed by atoms with Gasteiger partial charge in [-0.3, -0.25) is 19.8 Å². The van der Waals surface area contributed by atoms with Crippen LogP contribution in [0.5, 0.6) is 5.75 Å². The smallest absolute Gasteiger partial charge is 0.269 e. The number of ketones is 1. The fourth-order valence-corrected chi connectivity index (χ4v) is 3.03. The summed E-state index contributed by atoms with van der Waals surface area (Å²) >= 11 is 0. The SMILES string of the molecule is COc1ccc(C(=O)/C=C/c2ccc([N+](=O)[O-])cc2)cc1CN1CCOCC1. The highest BCUT2D eigenvalue weighted by molar-refractivity contribution is 6.07. The Morgan fingerprint density at radius 3 is 2.57 bits per heavy atom. The molecular formula is C21H22N2O5. The maximum absolute atomic E-state index is 12.6. The zero-order valence-corrected chi connectivity index (χ0v) is 15.7. The summed E-state index contributed by atoms with van der Waals surface area (Å²) in [5.41, 5.74) is 2.27. The molecule has 7 nitrogen and oxygen atoms in total. The van der Waals surface area contributed by atoms with E-state index in [-0.39, 0.29) is 11.5 Å². The molecule has 2 aromatic rings. The number of non-ortho nitro benzene ring substituents is 1. The lowest BCUT2D eigenvalue weighted by Crippen LogP contribution is -2.35. The molecule has 0 radical (unpaired) electrons. The van der Waals surface area contributed by atoms with Crippen molar-refractivity contribution in [1.82, 2.24) is 4.90 Å². The van der Waals surface area contributed by atoms with Gasteiger partial charge < -0.3 is 9.47 Å². The molecule has 3 rings (SSSR count). The van der Waals surface area contributed by atoms with Crippen molar-refractivity contribution in [3.63, 3.8) is 0 Å². The molecule has 2 aromatic carbocycles. The van der Waals surface area contributed by atoms with Gasteiger partial charge in [0.05, 0.1) is 25.2 Å². The third kappa shape index (κ3) is 5.03. The van der Waals surface area contributed by atoms with Gasteiger partial charge in [0.1, 0.15) is 5.75 Å². The summed E-state index contributed by atoms with van der Waals surface area (Å²) in [7, 11) is 1.62. The summed E-state index contributed by atoms with van der Waals surface area (Å²) in [5, 5.41) is 10.7. The first-order valence-electron chi connectivity index (χ1n) is 9.00. The van der Waals surface area contributed by atoms with E-state index in [0.717, 1.165) is 30.0 Å².